The first-order valence-corrected chi connectivity index (χ1v) is 10.7. The van der Waals surface area contributed by atoms with E-state index in [4.69, 9.17) is 19.8 Å². The number of hydrogen-bond acceptors (Lipinski definition) is 5. The summed E-state index contributed by atoms with van der Waals surface area (Å²) in [5, 5.41) is 14.8. The van der Waals surface area contributed by atoms with Gasteiger partial charge in [0.15, 0.2) is 0 Å². The molecule has 0 radical (unpaired) electrons. The average Bonchev–Trinajstić information content (AvgIpc) is 2.74. The maximum absolute atomic E-state index is 13.9. The van der Waals surface area contributed by atoms with Gasteiger partial charge >= 0.3 is 11.9 Å². The Labute approximate surface area is 182 Å². The van der Waals surface area contributed by atoms with Crippen molar-refractivity contribution in [3.8, 4) is 0 Å². The predicted molar refractivity (Wildman–Crippen MR) is 115 cm³/mol. The highest BCUT2D eigenvalue weighted by Gasteiger charge is 2.29. The van der Waals surface area contributed by atoms with Crippen molar-refractivity contribution in [1.29, 1.82) is 0 Å². The van der Waals surface area contributed by atoms with Gasteiger partial charge in [-0.25, -0.2) is 14.0 Å². The van der Waals surface area contributed by atoms with E-state index in [-0.39, 0.29) is 5.82 Å². The zero-order chi connectivity index (χ0) is 23.0. The molecule has 8 nitrogen and oxygen atoms in total. The van der Waals surface area contributed by atoms with Crippen LogP contribution in [0.5, 0.6) is 0 Å². The minimum Gasteiger partial charge on any atom is -0.473 e. The van der Waals surface area contributed by atoms with E-state index in [1.54, 1.807) is 6.07 Å². The molecule has 0 spiro atoms. The van der Waals surface area contributed by atoms with Crippen LogP contribution >= 0.6 is 0 Å². The van der Waals surface area contributed by atoms with Crippen molar-refractivity contribution in [3.63, 3.8) is 0 Å². The standard InChI is InChI=1S/C20H30FN3O.C2H2O4/c1-16(2)15-20(25)24-9-7-17(8-10-24)22-11-13-23(14-12-22)19-6-4-3-5-18(19)21;3-1(4)2(5)6/h3-6,16-17H,7-15H2,1-2H3;(H,3,4)(H,5,6). The molecule has 0 aromatic heterocycles. The van der Waals surface area contributed by atoms with Gasteiger partial charge in [-0.1, -0.05) is 26.0 Å². The van der Waals surface area contributed by atoms with Crippen molar-refractivity contribution in [2.45, 2.75) is 39.2 Å². The van der Waals surface area contributed by atoms with Gasteiger partial charge < -0.3 is 20.0 Å². The van der Waals surface area contributed by atoms with E-state index in [1.807, 2.05) is 17.0 Å². The van der Waals surface area contributed by atoms with Crippen LogP contribution in [-0.2, 0) is 14.4 Å². The van der Waals surface area contributed by atoms with Gasteiger partial charge in [-0.2, -0.15) is 0 Å². The number of piperazine rings is 1. The number of carboxylic acids is 2. The number of carbonyl (C=O) groups excluding carboxylic acids is 1. The lowest BCUT2D eigenvalue weighted by molar-refractivity contribution is -0.159. The largest absolute Gasteiger partial charge is 0.473 e. The summed E-state index contributed by atoms with van der Waals surface area (Å²) in [6.45, 7) is 9.63. The first kappa shape index (κ1) is 24.6. The molecule has 1 amide bonds. The van der Waals surface area contributed by atoms with Crippen LogP contribution in [0.25, 0.3) is 0 Å². The lowest BCUT2D eigenvalue weighted by Crippen LogP contribution is -2.54. The fourth-order valence-electron chi connectivity index (χ4n) is 3.99. The highest BCUT2D eigenvalue weighted by Crippen LogP contribution is 2.23. The second kappa shape index (κ2) is 11.6. The van der Waals surface area contributed by atoms with E-state index in [2.05, 4.69) is 23.6 Å². The molecule has 1 aromatic carbocycles. The zero-order valence-electron chi connectivity index (χ0n) is 18.2. The van der Waals surface area contributed by atoms with Crippen molar-refractivity contribution in [2.24, 2.45) is 5.92 Å². The van der Waals surface area contributed by atoms with Gasteiger partial charge in [-0.05, 0) is 30.9 Å². The number of likely N-dealkylation sites (tertiary alicyclic amines) is 1. The summed E-state index contributed by atoms with van der Waals surface area (Å²) in [7, 11) is 0. The molecule has 0 bridgehead atoms. The molecule has 0 atom stereocenters. The molecule has 0 unspecified atom stereocenters. The van der Waals surface area contributed by atoms with Crippen LogP contribution in [0.1, 0.15) is 33.1 Å². The van der Waals surface area contributed by atoms with Gasteiger partial charge in [0.05, 0.1) is 5.69 Å². The maximum atomic E-state index is 13.9. The van der Waals surface area contributed by atoms with Crippen molar-refractivity contribution in [3.05, 3.63) is 30.1 Å². The van der Waals surface area contributed by atoms with Crippen LogP contribution in [0.15, 0.2) is 24.3 Å². The monoisotopic (exact) mass is 437 g/mol. The van der Waals surface area contributed by atoms with Gasteiger partial charge in [-0.15, -0.1) is 0 Å². The first-order chi connectivity index (χ1) is 14.7. The molecule has 0 saturated carbocycles. The summed E-state index contributed by atoms with van der Waals surface area (Å²) < 4.78 is 13.9. The SMILES string of the molecule is CC(C)CC(=O)N1CCC(N2CCN(c3ccccc3F)CC2)CC1.O=C(O)C(=O)O. The van der Waals surface area contributed by atoms with Crippen molar-refractivity contribution in [1.82, 2.24) is 9.80 Å². The van der Waals surface area contributed by atoms with Crippen molar-refractivity contribution < 1.29 is 29.0 Å². The molecular weight excluding hydrogens is 405 g/mol. The van der Waals surface area contributed by atoms with Crippen molar-refractivity contribution in [2.75, 3.05) is 44.2 Å². The number of hydrogen-bond donors (Lipinski definition) is 2. The smallest absolute Gasteiger partial charge is 0.414 e. The summed E-state index contributed by atoms with van der Waals surface area (Å²) in [6, 6.07) is 7.60. The third-order valence-electron chi connectivity index (χ3n) is 5.61. The molecule has 0 aliphatic carbocycles. The zero-order valence-corrected chi connectivity index (χ0v) is 18.2. The molecule has 2 fully saturated rings. The molecule has 2 aliphatic rings. The Morgan fingerprint density at radius 3 is 2.00 bits per heavy atom. The molecule has 1 aromatic rings. The number of halogens is 1. The van der Waals surface area contributed by atoms with Crippen LogP contribution in [-0.4, -0.2) is 83.2 Å². The molecular formula is C22H32FN3O5. The number of carbonyl (C=O) groups is 3. The quantitative estimate of drug-likeness (QED) is 0.696. The number of carboxylic acid groups (broad SMARTS) is 2. The van der Waals surface area contributed by atoms with Gasteiger partial charge in [0.2, 0.25) is 5.91 Å². The first-order valence-electron chi connectivity index (χ1n) is 10.7. The molecule has 31 heavy (non-hydrogen) atoms. The minimum absolute atomic E-state index is 0.132. The Morgan fingerprint density at radius 2 is 1.52 bits per heavy atom. The predicted octanol–water partition coefficient (Wildman–Crippen LogP) is 2.14. The van der Waals surface area contributed by atoms with E-state index in [0.717, 1.165) is 57.8 Å². The number of aliphatic carboxylic acids is 2. The van der Waals surface area contributed by atoms with E-state index in [0.29, 0.717) is 24.3 Å². The summed E-state index contributed by atoms with van der Waals surface area (Å²) >= 11 is 0. The lowest BCUT2D eigenvalue weighted by Gasteiger charge is -2.43. The Morgan fingerprint density at radius 1 is 0.968 bits per heavy atom. The molecule has 9 heteroatoms. The summed E-state index contributed by atoms with van der Waals surface area (Å²) in [6.07, 6.45) is 2.78. The van der Waals surface area contributed by atoms with E-state index >= 15 is 0 Å². The number of nitrogens with zero attached hydrogens (tertiary/aromatic N) is 3. The Kier molecular flexibility index (Phi) is 9.23. The lowest BCUT2D eigenvalue weighted by atomic mass is 10.0. The number of para-hydroxylation sites is 1. The van der Waals surface area contributed by atoms with Gasteiger partial charge in [-0.3, -0.25) is 9.69 Å². The second-order valence-corrected chi connectivity index (χ2v) is 8.29. The number of rotatable bonds is 4. The average molecular weight is 438 g/mol. The highest BCUT2D eigenvalue weighted by molar-refractivity contribution is 6.27. The maximum Gasteiger partial charge on any atom is 0.414 e. The molecule has 172 valence electrons. The molecule has 2 N–H and O–H groups in total. The van der Waals surface area contributed by atoms with Crippen LogP contribution in [0.2, 0.25) is 0 Å². The molecule has 2 heterocycles. The van der Waals surface area contributed by atoms with E-state index in [1.165, 1.54) is 6.07 Å². The third kappa shape index (κ3) is 7.50. The number of amides is 1. The summed E-state index contributed by atoms with van der Waals surface area (Å²) in [4.78, 5) is 37.1. The molecule has 2 aliphatic heterocycles. The van der Waals surface area contributed by atoms with Gasteiger partial charge in [0.25, 0.3) is 0 Å². The molecule has 3 rings (SSSR count). The molecule has 2 saturated heterocycles. The van der Waals surface area contributed by atoms with Crippen LogP contribution in [0, 0.1) is 11.7 Å². The highest BCUT2D eigenvalue weighted by atomic mass is 19.1. The van der Waals surface area contributed by atoms with E-state index < -0.39 is 11.9 Å². The van der Waals surface area contributed by atoms with Crippen LogP contribution in [0.3, 0.4) is 0 Å². The number of piperidine rings is 1. The summed E-state index contributed by atoms with van der Waals surface area (Å²) in [5.41, 5.74) is 0.719. The van der Waals surface area contributed by atoms with Crippen LogP contribution < -0.4 is 4.90 Å². The van der Waals surface area contributed by atoms with E-state index in [9.17, 15) is 9.18 Å². The second-order valence-electron chi connectivity index (χ2n) is 8.29. The van der Waals surface area contributed by atoms with Crippen molar-refractivity contribution >= 4 is 23.5 Å². The number of benzene rings is 1. The fraction of sp³-hybridized carbons (Fsp3) is 0.591. The topological polar surface area (TPSA) is 101 Å². The van der Waals surface area contributed by atoms with Crippen LogP contribution in [0.4, 0.5) is 10.1 Å². The fourth-order valence-corrected chi connectivity index (χ4v) is 3.99. The summed E-state index contributed by atoms with van der Waals surface area (Å²) in [5.74, 6) is -3.05. The Hall–Kier alpha value is -2.68. The Balaban J connectivity index is 0.000000501. The minimum atomic E-state index is -1.82. The third-order valence-corrected chi connectivity index (χ3v) is 5.61. The van der Waals surface area contributed by atoms with Gasteiger partial charge in [0.1, 0.15) is 5.82 Å². The number of anilines is 1. The normalized spacial score (nSPS) is 17.8. The Bertz CT molecular complexity index is 745. The van der Waals surface area contributed by atoms with Gasteiger partial charge in [0, 0.05) is 51.7 Å².